The molecule has 26 heavy (non-hydrogen) atoms. The number of furan rings is 1. The molecule has 0 aliphatic heterocycles. The van der Waals surface area contributed by atoms with Crippen molar-refractivity contribution in [1.29, 1.82) is 0 Å². The van der Waals surface area contributed by atoms with Crippen LogP contribution in [0, 0.1) is 6.92 Å². The molecule has 1 amide bonds. The molecule has 0 saturated carbocycles. The van der Waals surface area contributed by atoms with E-state index in [1.807, 2.05) is 43.3 Å². The molecular weight excluding hydrogens is 330 g/mol. The molecule has 0 fully saturated rings. The first-order valence-electron chi connectivity index (χ1n) is 8.31. The Morgan fingerprint density at radius 2 is 1.96 bits per heavy atom. The Morgan fingerprint density at radius 3 is 2.77 bits per heavy atom. The minimum Gasteiger partial charge on any atom is -0.442 e. The number of benzene rings is 2. The first kappa shape index (κ1) is 16.1. The number of aromatic nitrogens is 2. The van der Waals surface area contributed by atoms with Gasteiger partial charge in [-0.05, 0) is 36.2 Å². The predicted octanol–water partition coefficient (Wildman–Crippen LogP) is 3.47. The maximum atomic E-state index is 12.8. The number of carbonyl (C=O) groups is 1. The van der Waals surface area contributed by atoms with Gasteiger partial charge in [-0.3, -0.25) is 9.59 Å². The lowest BCUT2D eigenvalue weighted by Gasteiger charge is -2.15. The highest BCUT2D eigenvalue weighted by Gasteiger charge is 2.23. The number of rotatable bonds is 3. The van der Waals surface area contributed by atoms with Crippen LogP contribution in [0.5, 0.6) is 0 Å². The highest BCUT2D eigenvalue weighted by molar-refractivity contribution is 6.06. The van der Waals surface area contributed by atoms with Gasteiger partial charge >= 0.3 is 0 Å². The van der Waals surface area contributed by atoms with Crippen LogP contribution in [0.2, 0.25) is 0 Å². The molecule has 0 bridgehead atoms. The van der Waals surface area contributed by atoms with Crippen molar-refractivity contribution < 1.29 is 9.21 Å². The molecule has 0 saturated heterocycles. The van der Waals surface area contributed by atoms with E-state index in [9.17, 15) is 9.59 Å². The fourth-order valence-corrected chi connectivity index (χ4v) is 3.16. The van der Waals surface area contributed by atoms with Gasteiger partial charge in [-0.1, -0.05) is 36.4 Å². The zero-order valence-corrected chi connectivity index (χ0v) is 14.4. The van der Waals surface area contributed by atoms with E-state index in [2.05, 4.69) is 21.4 Å². The molecule has 2 aromatic carbocycles. The molecule has 2 N–H and O–H groups in total. The van der Waals surface area contributed by atoms with Gasteiger partial charge in [0.05, 0.1) is 17.9 Å². The predicted molar refractivity (Wildman–Crippen MR) is 99.2 cm³/mol. The summed E-state index contributed by atoms with van der Waals surface area (Å²) in [4.78, 5) is 31.3. The number of hydrogen-bond acceptors (Lipinski definition) is 4. The number of aromatic amines is 1. The number of hydrogen-bond donors (Lipinski definition) is 2. The maximum Gasteiger partial charge on any atom is 0.262 e. The fraction of sp³-hybridized carbons (Fsp3) is 0.150. The summed E-state index contributed by atoms with van der Waals surface area (Å²) in [6, 6.07) is 13.9. The molecular formula is C20H17N3O3. The Labute approximate surface area is 148 Å². The molecule has 6 heteroatoms. The van der Waals surface area contributed by atoms with Crippen molar-refractivity contribution in [3.05, 3.63) is 76.0 Å². The normalized spacial score (nSPS) is 12.4. The summed E-state index contributed by atoms with van der Waals surface area (Å²) in [5, 5.41) is 5.37. The van der Waals surface area contributed by atoms with E-state index >= 15 is 0 Å². The van der Waals surface area contributed by atoms with Gasteiger partial charge in [0.2, 0.25) is 5.71 Å². The smallest absolute Gasteiger partial charge is 0.262 e. The standard InChI is InChI=1S/C20H17N3O3/c1-11(14-8-7-13-5-3-4-6-15(13)9-14)23-19(25)16-12(2)26-20-17(16)18(24)21-10-22-20/h3-11H,1-2H3,(H,23,25)(H,21,22,24). The molecule has 1 atom stereocenters. The van der Waals surface area contributed by atoms with Gasteiger partial charge in [0, 0.05) is 0 Å². The lowest BCUT2D eigenvalue weighted by atomic mass is 10.0. The van der Waals surface area contributed by atoms with E-state index in [1.165, 1.54) is 6.33 Å². The van der Waals surface area contributed by atoms with Crippen molar-refractivity contribution in [2.45, 2.75) is 19.9 Å². The Hall–Kier alpha value is -3.41. The van der Waals surface area contributed by atoms with Crippen LogP contribution in [0.4, 0.5) is 0 Å². The van der Waals surface area contributed by atoms with Gasteiger partial charge in [-0.25, -0.2) is 4.98 Å². The zero-order valence-electron chi connectivity index (χ0n) is 14.4. The lowest BCUT2D eigenvalue weighted by molar-refractivity contribution is 0.0939. The average Bonchev–Trinajstić information content (AvgIpc) is 2.98. The van der Waals surface area contributed by atoms with Crippen molar-refractivity contribution in [2.75, 3.05) is 0 Å². The summed E-state index contributed by atoms with van der Waals surface area (Å²) in [6.45, 7) is 3.55. The molecule has 2 aromatic heterocycles. The van der Waals surface area contributed by atoms with E-state index in [0.717, 1.165) is 16.3 Å². The monoisotopic (exact) mass is 347 g/mol. The highest BCUT2D eigenvalue weighted by atomic mass is 16.3. The van der Waals surface area contributed by atoms with Crippen molar-refractivity contribution in [1.82, 2.24) is 15.3 Å². The van der Waals surface area contributed by atoms with Gasteiger partial charge in [-0.2, -0.15) is 0 Å². The van der Waals surface area contributed by atoms with Gasteiger partial charge in [0.25, 0.3) is 11.5 Å². The summed E-state index contributed by atoms with van der Waals surface area (Å²) in [6.07, 6.45) is 1.26. The molecule has 0 aliphatic rings. The van der Waals surface area contributed by atoms with Crippen molar-refractivity contribution in [3.8, 4) is 0 Å². The third-order valence-corrected chi connectivity index (χ3v) is 4.52. The van der Waals surface area contributed by atoms with E-state index < -0.39 is 5.56 Å². The van der Waals surface area contributed by atoms with Crippen LogP contribution in [0.15, 0.2) is 58.0 Å². The first-order valence-corrected chi connectivity index (χ1v) is 8.31. The SMILES string of the molecule is Cc1oc2nc[nH]c(=O)c2c1C(=O)NC(C)c1ccc2ccccc2c1. The highest BCUT2D eigenvalue weighted by Crippen LogP contribution is 2.23. The number of nitrogens with one attached hydrogen (secondary N) is 2. The summed E-state index contributed by atoms with van der Waals surface area (Å²) < 4.78 is 5.45. The van der Waals surface area contributed by atoms with E-state index in [1.54, 1.807) is 6.92 Å². The topological polar surface area (TPSA) is 88.0 Å². The van der Waals surface area contributed by atoms with Gasteiger partial charge in [0.1, 0.15) is 11.1 Å². The largest absolute Gasteiger partial charge is 0.442 e. The van der Waals surface area contributed by atoms with E-state index in [0.29, 0.717) is 5.76 Å². The lowest BCUT2D eigenvalue weighted by Crippen LogP contribution is -2.28. The van der Waals surface area contributed by atoms with Crippen LogP contribution in [-0.2, 0) is 0 Å². The maximum absolute atomic E-state index is 12.8. The van der Waals surface area contributed by atoms with E-state index in [-0.39, 0.29) is 28.6 Å². The second-order valence-corrected chi connectivity index (χ2v) is 6.25. The summed E-state index contributed by atoms with van der Waals surface area (Å²) in [7, 11) is 0. The van der Waals surface area contributed by atoms with E-state index in [4.69, 9.17) is 4.42 Å². The van der Waals surface area contributed by atoms with Crippen LogP contribution in [-0.4, -0.2) is 15.9 Å². The fourth-order valence-electron chi connectivity index (χ4n) is 3.16. The third kappa shape index (κ3) is 2.65. The number of amides is 1. The summed E-state index contributed by atoms with van der Waals surface area (Å²) in [5.41, 5.74) is 0.974. The second-order valence-electron chi connectivity index (χ2n) is 6.25. The van der Waals surface area contributed by atoms with Crippen molar-refractivity contribution in [2.24, 2.45) is 0 Å². The number of nitrogens with zero attached hydrogens (tertiary/aromatic N) is 1. The van der Waals surface area contributed by atoms with Crippen LogP contribution in [0.25, 0.3) is 21.9 Å². The van der Waals surface area contributed by atoms with Crippen molar-refractivity contribution >= 4 is 27.8 Å². The Kier molecular flexibility index (Phi) is 3.80. The second kappa shape index (κ2) is 6.15. The molecule has 4 aromatic rings. The van der Waals surface area contributed by atoms with Gasteiger partial charge in [0.15, 0.2) is 0 Å². The zero-order chi connectivity index (χ0) is 18.3. The molecule has 0 spiro atoms. The van der Waals surface area contributed by atoms with Crippen LogP contribution in [0.1, 0.15) is 34.6 Å². The molecule has 4 rings (SSSR count). The van der Waals surface area contributed by atoms with Gasteiger partial charge in [-0.15, -0.1) is 0 Å². The molecule has 0 radical (unpaired) electrons. The minimum atomic E-state index is -0.393. The number of carbonyl (C=O) groups excluding carboxylic acids is 1. The van der Waals surface area contributed by atoms with Crippen LogP contribution < -0.4 is 10.9 Å². The van der Waals surface area contributed by atoms with Crippen molar-refractivity contribution in [3.63, 3.8) is 0 Å². The quantitative estimate of drug-likeness (QED) is 0.594. The number of aryl methyl sites for hydroxylation is 1. The minimum absolute atomic E-state index is 0.162. The number of H-pyrrole nitrogens is 1. The molecule has 6 nitrogen and oxygen atoms in total. The molecule has 0 aliphatic carbocycles. The van der Waals surface area contributed by atoms with Crippen LogP contribution in [0.3, 0.4) is 0 Å². The van der Waals surface area contributed by atoms with Crippen LogP contribution >= 0.6 is 0 Å². The van der Waals surface area contributed by atoms with Gasteiger partial charge < -0.3 is 14.7 Å². The molecule has 1 unspecified atom stereocenters. The Morgan fingerprint density at radius 1 is 1.19 bits per heavy atom. The Balaban J connectivity index is 1.67. The first-order chi connectivity index (χ1) is 12.5. The number of fused-ring (bicyclic) bond motifs is 2. The Bertz CT molecular complexity index is 1190. The summed E-state index contributed by atoms with van der Waals surface area (Å²) >= 11 is 0. The molecule has 2 heterocycles. The average molecular weight is 347 g/mol. The third-order valence-electron chi connectivity index (χ3n) is 4.52. The molecule has 130 valence electrons. The summed E-state index contributed by atoms with van der Waals surface area (Å²) in [5.74, 6) is 0.00724.